The van der Waals surface area contributed by atoms with Gasteiger partial charge >= 0.3 is 0 Å². The number of amides is 1. The van der Waals surface area contributed by atoms with Crippen LogP contribution in [0.4, 0.5) is 11.5 Å². The summed E-state index contributed by atoms with van der Waals surface area (Å²) in [6.45, 7) is 4.86. The van der Waals surface area contributed by atoms with Crippen LogP contribution in [0.3, 0.4) is 0 Å². The number of aromatic nitrogens is 2. The molecule has 29 heavy (non-hydrogen) atoms. The number of fused-ring (bicyclic) bond motifs is 1. The third-order valence-electron chi connectivity index (χ3n) is 5.12. The van der Waals surface area contributed by atoms with Gasteiger partial charge in [-0.2, -0.15) is 0 Å². The summed E-state index contributed by atoms with van der Waals surface area (Å²) in [6.07, 6.45) is 1.98. The van der Waals surface area contributed by atoms with E-state index in [1.165, 1.54) is 6.26 Å². The van der Waals surface area contributed by atoms with E-state index in [2.05, 4.69) is 9.88 Å². The predicted octanol–water partition coefficient (Wildman–Crippen LogP) is 1.43. The van der Waals surface area contributed by atoms with Crippen molar-refractivity contribution < 1.29 is 17.9 Å². The Morgan fingerprint density at radius 3 is 2.59 bits per heavy atom. The number of carbonyl (C=O) groups is 1. The topological polar surface area (TPSA) is 92.7 Å². The first-order chi connectivity index (χ1) is 13.8. The predicted molar refractivity (Wildman–Crippen MR) is 111 cm³/mol. The third kappa shape index (κ3) is 4.40. The van der Waals surface area contributed by atoms with E-state index < -0.39 is 9.84 Å². The van der Waals surface area contributed by atoms with Gasteiger partial charge in [-0.05, 0) is 30.2 Å². The van der Waals surface area contributed by atoms with E-state index in [0.29, 0.717) is 50.2 Å². The molecule has 2 aliphatic heterocycles. The van der Waals surface area contributed by atoms with E-state index >= 15 is 0 Å². The smallest absolute Gasteiger partial charge is 0.223 e. The number of benzene rings is 1. The number of hydrogen-bond acceptors (Lipinski definition) is 7. The molecule has 1 saturated heterocycles. The summed E-state index contributed by atoms with van der Waals surface area (Å²) in [6, 6.07) is 7.56. The first kappa shape index (κ1) is 19.8. The number of carbonyl (C=O) groups excluding carboxylic acids is 1. The summed E-state index contributed by atoms with van der Waals surface area (Å²) in [5.74, 6) is 1.10. The van der Waals surface area contributed by atoms with E-state index in [9.17, 15) is 13.2 Å². The summed E-state index contributed by atoms with van der Waals surface area (Å²) >= 11 is 0. The van der Waals surface area contributed by atoms with Crippen molar-refractivity contribution in [1.29, 1.82) is 0 Å². The minimum Gasteiger partial charge on any atom is -0.378 e. The molecule has 0 bridgehead atoms. The Labute approximate surface area is 170 Å². The third-order valence-corrected chi connectivity index (χ3v) is 5.94. The van der Waals surface area contributed by atoms with Crippen molar-refractivity contribution >= 4 is 27.2 Å². The van der Waals surface area contributed by atoms with Gasteiger partial charge in [-0.25, -0.2) is 18.4 Å². The Kier molecular flexibility index (Phi) is 5.26. The van der Waals surface area contributed by atoms with Gasteiger partial charge in [-0.15, -0.1) is 0 Å². The lowest BCUT2D eigenvalue weighted by Crippen LogP contribution is -2.37. The molecule has 3 heterocycles. The summed E-state index contributed by atoms with van der Waals surface area (Å²) in [7, 11) is -3.23. The average molecular weight is 417 g/mol. The molecule has 154 valence electrons. The van der Waals surface area contributed by atoms with E-state index in [4.69, 9.17) is 9.72 Å². The summed E-state index contributed by atoms with van der Waals surface area (Å²) in [5, 5.41) is 0. The lowest BCUT2D eigenvalue weighted by molar-refractivity contribution is -0.116. The van der Waals surface area contributed by atoms with Gasteiger partial charge < -0.3 is 14.5 Å². The summed E-state index contributed by atoms with van der Waals surface area (Å²) in [4.78, 5) is 24.9. The second kappa shape index (κ2) is 7.72. The molecule has 0 spiro atoms. The number of nitrogens with zero attached hydrogens (tertiary/aromatic N) is 4. The van der Waals surface area contributed by atoms with Gasteiger partial charge in [0.15, 0.2) is 15.7 Å². The molecule has 1 aromatic carbocycles. The second-order valence-electron chi connectivity index (χ2n) is 7.47. The highest BCUT2D eigenvalue weighted by molar-refractivity contribution is 7.89. The number of morpholine rings is 1. The molecule has 1 fully saturated rings. The Balaban J connectivity index is 1.74. The van der Waals surface area contributed by atoms with Crippen molar-refractivity contribution in [3.05, 3.63) is 35.5 Å². The number of ether oxygens (including phenoxy) is 1. The Morgan fingerprint density at radius 2 is 1.90 bits per heavy atom. The van der Waals surface area contributed by atoms with Crippen LogP contribution >= 0.6 is 0 Å². The molecule has 1 aromatic heterocycles. The Bertz CT molecular complexity index is 1050. The molecule has 0 atom stereocenters. The minimum absolute atomic E-state index is 0.0255. The first-order valence-electron chi connectivity index (χ1n) is 9.60. The fourth-order valence-electron chi connectivity index (χ4n) is 3.78. The molecular formula is C20H24N4O4S. The van der Waals surface area contributed by atoms with Crippen molar-refractivity contribution in [2.75, 3.05) is 48.9 Å². The zero-order chi connectivity index (χ0) is 20.6. The second-order valence-corrected chi connectivity index (χ2v) is 9.61. The van der Waals surface area contributed by atoms with Crippen LogP contribution in [0.2, 0.25) is 0 Å². The van der Waals surface area contributed by atoms with Crippen LogP contribution in [0.15, 0.2) is 24.3 Å². The Hall–Kier alpha value is -2.52. The number of hydrogen-bond donors (Lipinski definition) is 0. The van der Waals surface area contributed by atoms with Gasteiger partial charge in [0.05, 0.1) is 24.7 Å². The van der Waals surface area contributed by atoms with Crippen molar-refractivity contribution in [1.82, 2.24) is 9.97 Å². The van der Waals surface area contributed by atoms with E-state index in [1.54, 1.807) is 17.9 Å². The highest BCUT2D eigenvalue weighted by Crippen LogP contribution is 2.32. The molecule has 0 N–H and O–H groups in total. The molecule has 0 radical (unpaired) electrons. The average Bonchev–Trinajstić information content (AvgIpc) is 3.10. The quantitative estimate of drug-likeness (QED) is 0.744. The fourth-order valence-corrected chi connectivity index (χ4v) is 4.46. The van der Waals surface area contributed by atoms with Crippen molar-refractivity contribution in [2.45, 2.75) is 19.1 Å². The largest absolute Gasteiger partial charge is 0.378 e. The van der Waals surface area contributed by atoms with E-state index in [1.807, 2.05) is 18.2 Å². The van der Waals surface area contributed by atoms with Crippen LogP contribution in [0.25, 0.3) is 11.4 Å². The lowest BCUT2D eigenvalue weighted by atomic mass is 10.1. The normalized spacial score (nSPS) is 16.8. The molecule has 2 aromatic rings. The molecule has 0 aliphatic carbocycles. The van der Waals surface area contributed by atoms with Gasteiger partial charge in [0, 0.05) is 50.1 Å². The van der Waals surface area contributed by atoms with Gasteiger partial charge in [-0.3, -0.25) is 4.79 Å². The minimum atomic E-state index is -3.23. The highest BCUT2D eigenvalue weighted by Gasteiger charge is 2.23. The zero-order valence-electron chi connectivity index (χ0n) is 16.6. The molecule has 2 aliphatic rings. The molecular weight excluding hydrogens is 392 g/mol. The van der Waals surface area contributed by atoms with Crippen LogP contribution in [-0.2, 0) is 31.5 Å². The van der Waals surface area contributed by atoms with Gasteiger partial charge in [0.1, 0.15) is 5.82 Å². The van der Waals surface area contributed by atoms with Gasteiger partial charge in [0.2, 0.25) is 5.91 Å². The number of sulfone groups is 1. The molecule has 8 nitrogen and oxygen atoms in total. The SMILES string of the molecule is CC(=O)N1CCc2cc(-c3nc(CS(C)(=O)=O)cc(N4CCOCC4)n3)ccc21. The molecule has 0 unspecified atom stereocenters. The maximum Gasteiger partial charge on any atom is 0.223 e. The number of rotatable bonds is 4. The maximum absolute atomic E-state index is 11.9. The fraction of sp³-hybridized carbons (Fsp3) is 0.450. The van der Waals surface area contributed by atoms with Crippen molar-refractivity contribution in [3.8, 4) is 11.4 Å². The van der Waals surface area contributed by atoms with Crippen LogP contribution in [0.1, 0.15) is 18.2 Å². The molecule has 0 saturated carbocycles. The van der Waals surface area contributed by atoms with Crippen molar-refractivity contribution in [2.24, 2.45) is 0 Å². The summed E-state index contributed by atoms with van der Waals surface area (Å²) < 4.78 is 29.1. The summed E-state index contributed by atoms with van der Waals surface area (Å²) in [5.41, 5.74) is 3.29. The van der Waals surface area contributed by atoms with E-state index in [0.717, 1.165) is 23.2 Å². The monoisotopic (exact) mass is 416 g/mol. The first-order valence-corrected chi connectivity index (χ1v) is 11.7. The van der Waals surface area contributed by atoms with Crippen molar-refractivity contribution in [3.63, 3.8) is 0 Å². The highest BCUT2D eigenvalue weighted by atomic mass is 32.2. The van der Waals surface area contributed by atoms with Gasteiger partial charge in [-0.1, -0.05) is 0 Å². The molecule has 1 amide bonds. The number of anilines is 2. The van der Waals surface area contributed by atoms with Crippen LogP contribution < -0.4 is 9.80 Å². The molecule has 9 heteroatoms. The lowest BCUT2D eigenvalue weighted by Gasteiger charge is -2.28. The van der Waals surface area contributed by atoms with Crippen LogP contribution in [0.5, 0.6) is 0 Å². The molecule has 4 rings (SSSR count). The zero-order valence-corrected chi connectivity index (χ0v) is 17.4. The van der Waals surface area contributed by atoms with Gasteiger partial charge in [0.25, 0.3) is 0 Å². The van der Waals surface area contributed by atoms with Crippen LogP contribution in [-0.4, -0.2) is 63.4 Å². The Morgan fingerprint density at radius 1 is 1.14 bits per heavy atom. The van der Waals surface area contributed by atoms with E-state index in [-0.39, 0.29) is 11.7 Å². The van der Waals surface area contributed by atoms with Crippen LogP contribution in [0, 0.1) is 0 Å². The maximum atomic E-state index is 11.9. The standard InChI is InChI=1S/C20H24N4O4S/c1-14(25)24-6-5-15-11-16(3-4-18(15)24)20-21-17(13-29(2,26)27)12-19(22-20)23-7-9-28-10-8-23/h3-4,11-12H,5-10,13H2,1-2H3.